The van der Waals surface area contributed by atoms with Gasteiger partial charge in [-0.25, -0.2) is 0 Å². The zero-order chi connectivity index (χ0) is 12.8. The summed E-state index contributed by atoms with van der Waals surface area (Å²) < 4.78 is 5.89. The average molecular weight is 251 g/mol. The van der Waals surface area contributed by atoms with Crippen molar-refractivity contribution in [2.45, 2.75) is 25.3 Å². The molecule has 19 heavy (non-hydrogen) atoms. The molecule has 2 atom stereocenters. The van der Waals surface area contributed by atoms with E-state index in [9.17, 15) is 0 Å². The first-order valence-corrected chi connectivity index (χ1v) is 6.92. The molecule has 0 bridgehead atoms. The van der Waals surface area contributed by atoms with Crippen molar-refractivity contribution in [3.8, 4) is 5.75 Å². The van der Waals surface area contributed by atoms with Crippen LogP contribution in [0.25, 0.3) is 0 Å². The van der Waals surface area contributed by atoms with E-state index in [4.69, 9.17) is 4.74 Å². The van der Waals surface area contributed by atoms with Gasteiger partial charge in [0, 0.05) is 17.2 Å². The molecule has 2 aliphatic rings. The van der Waals surface area contributed by atoms with Gasteiger partial charge in [0.2, 0.25) is 0 Å². The van der Waals surface area contributed by atoms with E-state index in [0.29, 0.717) is 12.0 Å². The summed E-state index contributed by atoms with van der Waals surface area (Å²) in [6.07, 6.45) is 1.07. The van der Waals surface area contributed by atoms with Gasteiger partial charge in [0.1, 0.15) is 5.75 Å². The predicted octanol–water partition coefficient (Wildman–Crippen LogP) is 4.03. The highest BCUT2D eigenvalue weighted by molar-refractivity contribution is 5.63. The second kappa shape index (κ2) is 4.02. The Morgan fingerprint density at radius 1 is 1.11 bits per heavy atom. The van der Waals surface area contributed by atoms with Crippen LogP contribution >= 0.6 is 0 Å². The molecule has 0 aliphatic carbocycles. The number of hydrogen-bond donors (Lipinski definition) is 1. The van der Waals surface area contributed by atoms with Crippen LogP contribution in [0.4, 0.5) is 5.69 Å². The van der Waals surface area contributed by atoms with Crippen molar-refractivity contribution in [2.24, 2.45) is 0 Å². The number of benzene rings is 2. The third kappa shape index (κ3) is 1.63. The van der Waals surface area contributed by atoms with Crippen LogP contribution in [0.1, 0.15) is 35.1 Å². The molecule has 2 aromatic carbocycles. The summed E-state index contributed by atoms with van der Waals surface area (Å²) in [6.45, 7) is 2.96. The molecular formula is C17H17NO. The van der Waals surface area contributed by atoms with Crippen molar-refractivity contribution >= 4 is 5.69 Å². The van der Waals surface area contributed by atoms with Crippen LogP contribution in [0.5, 0.6) is 5.75 Å². The molecule has 0 saturated carbocycles. The normalized spacial score (nSPS) is 23.4. The van der Waals surface area contributed by atoms with Crippen molar-refractivity contribution in [2.75, 3.05) is 11.9 Å². The molecule has 2 aromatic rings. The summed E-state index contributed by atoms with van der Waals surface area (Å²) in [7, 11) is 0. The molecule has 0 amide bonds. The lowest BCUT2D eigenvalue weighted by atomic mass is 9.88. The van der Waals surface area contributed by atoms with Gasteiger partial charge in [-0.15, -0.1) is 0 Å². The van der Waals surface area contributed by atoms with Crippen molar-refractivity contribution in [3.63, 3.8) is 0 Å². The SMILES string of the molecule is Cc1ccc2c(c1)[C@H]1CCOc3ccccc3[C@H]1N2. The minimum absolute atomic E-state index is 0.357. The second-order valence-corrected chi connectivity index (χ2v) is 5.49. The van der Waals surface area contributed by atoms with E-state index in [1.54, 1.807) is 0 Å². The summed E-state index contributed by atoms with van der Waals surface area (Å²) in [5.41, 5.74) is 5.36. The zero-order valence-corrected chi connectivity index (χ0v) is 11.0. The lowest BCUT2D eigenvalue weighted by Crippen LogP contribution is -2.10. The standard InChI is InChI=1S/C17H17NO/c1-11-6-7-15-14(10-11)12-8-9-19-16-5-3-2-4-13(16)17(12)18-15/h2-7,10,12,17-18H,8-9H2,1H3/t12-,17+/m1/s1. The highest BCUT2D eigenvalue weighted by atomic mass is 16.5. The number of fused-ring (bicyclic) bond motifs is 5. The third-order valence-electron chi connectivity index (χ3n) is 4.26. The van der Waals surface area contributed by atoms with Gasteiger partial charge >= 0.3 is 0 Å². The maximum atomic E-state index is 5.89. The van der Waals surface area contributed by atoms with Gasteiger partial charge in [0.15, 0.2) is 0 Å². The van der Waals surface area contributed by atoms with E-state index >= 15 is 0 Å². The minimum atomic E-state index is 0.357. The van der Waals surface area contributed by atoms with Crippen LogP contribution in [0, 0.1) is 6.92 Å². The number of hydrogen-bond acceptors (Lipinski definition) is 2. The third-order valence-corrected chi connectivity index (χ3v) is 4.26. The van der Waals surface area contributed by atoms with E-state index in [2.05, 4.69) is 48.6 Å². The lowest BCUT2D eigenvalue weighted by Gasteiger charge is -2.18. The Kier molecular flexibility index (Phi) is 2.31. The van der Waals surface area contributed by atoms with E-state index in [1.165, 1.54) is 22.4 Å². The molecular weight excluding hydrogens is 234 g/mol. The highest BCUT2D eigenvalue weighted by Gasteiger charge is 2.36. The predicted molar refractivity (Wildman–Crippen MR) is 76.8 cm³/mol. The van der Waals surface area contributed by atoms with Crippen molar-refractivity contribution < 1.29 is 4.74 Å². The summed E-state index contributed by atoms with van der Waals surface area (Å²) in [5, 5.41) is 3.68. The monoisotopic (exact) mass is 251 g/mol. The minimum Gasteiger partial charge on any atom is -0.493 e. The van der Waals surface area contributed by atoms with Crippen molar-refractivity contribution in [1.82, 2.24) is 0 Å². The summed E-state index contributed by atoms with van der Waals surface area (Å²) in [6, 6.07) is 15.5. The van der Waals surface area contributed by atoms with Gasteiger partial charge in [0.05, 0.1) is 12.6 Å². The first kappa shape index (κ1) is 10.9. The largest absolute Gasteiger partial charge is 0.493 e. The molecule has 0 unspecified atom stereocenters. The fraction of sp³-hybridized carbons (Fsp3) is 0.294. The Labute approximate surface area is 113 Å². The Morgan fingerprint density at radius 3 is 2.95 bits per heavy atom. The van der Waals surface area contributed by atoms with Crippen LogP contribution in [0.2, 0.25) is 0 Å². The van der Waals surface area contributed by atoms with Gasteiger partial charge in [0.25, 0.3) is 0 Å². The number of anilines is 1. The maximum absolute atomic E-state index is 5.89. The first-order valence-electron chi connectivity index (χ1n) is 6.92. The van der Waals surface area contributed by atoms with Gasteiger partial charge < -0.3 is 10.1 Å². The molecule has 0 spiro atoms. The van der Waals surface area contributed by atoms with Crippen LogP contribution in [-0.2, 0) is 0 Å². The van der Waals surface area contributed by atoms with Crippen LogP contribution < -0.4 is 10.1 Å². The zero-order valence-electron chi connectivity index (χ0n) is 11.0. The van der Waals surface area contributed by atoms with Crippen LogP contribution in [0.3, 0.4) is 0 Å². The summed E-state index contributed by atoms with van der Waals surface area (Å²) >= 11 is 0. The fourth-order valence-corrected chi connectivity index (χ4v) is 3.35. The Bertz CT molecular complexity index is 635. The van der Waals surface area contributed by atoms with Gasteiger partial charge in [-0.05, 0) is 31.0 Å². The van der Waals surface area contributed by atoms with Gasteiger partial charge in [-0.2, -0.15) is 0 Å². The van der Waals surface area contributed by atoms with Crippen LogP contribution in [-0.4, -0.2) is 6.61 Å². The van der Waals surface area contributed by atoms with E-state index < -0.39 is 0 Å². The van der Waals surface area contributed by atoms with E-state index in [0.717, 1.165) is 18.8 Å². The number of rotatable bonds is 0. The average Bonchev–Trinajstić information content (AvgIpc) is 2.67. The van der Waals surface area contributed by atoms with Crippen molar-refractivity contribution in [1.29, 1.82) is 0 Å². The number of para-hydroxylation sites is 1. The van der Waals surface area contributed by atoms with Gasteiger partial charge in [-0.3, -0.25) is 0 Å². The number of ether oxygens (including phenoxy) is 1. The van der Waals surface area contributed by atoms with Gasteiger partial charge in [-0.1, -0.05) is 35.9 Å². The molecule has 2 nitrogen and oxygen atoms in total. The molecule has 0 fully saturated rings. The quantitative estimate of drug-likeness (QED) is 0.763. The smallest absolute Gasteiger partial charge is 0.124 e. The van der Waals surface area contributed by atoms with E-state index in [-0.39, 0.29) is 0 Å². The Hall–Kier alpha value is -1.96. The summed E-state index contributed by atoms with van der Waals surface area (Å²) in [5.74, 6) is 1.56. The molecule has 4 rings (SSSR count). The lowest BCUT2D eigenvalue weighted by molar-refractivity contribution is 0.309. The number of aryl methyl sites for hydroxylation is 1. The first-order chi connectivity index (χ1) is 9.33. The summed E-state index contributed by atoms with van der Waals surface area (Å²) in [4.78, 5) is 0. The molecule has 2 aliphatic heterocycles. The topological polar surface area (TPSA) is 21.3 Å². The molecule has 2 heterocycles. The van der Waals surface area contributed by atoms with Crippen molar-refractivity contribution in [3.05, 3.63) is 59.2 Å². The molecule has 1 N–H and O–H groups in total. The highest BCUT2D eigenvalue weighted by Crippen LogP contribution is 2.49. The fourth-order valence-electron chi connectivity index (χ4n) is 3.35. The molecule has 0 saturated heterocycles. The maximum Gasteiger partial charge on any atom is 0.124 e. The number of nitrogens with one attached hydrogen (secondary N) is 1. The molecule has 0 radical (unpaired) electrons. The Morgan fingerprint density at radius 2 is 2.00 bits per heavy atom. The van der Waals surface area contributed by atoms with Crippen LogP contribution in [0.15, 0.2) is 42.5 Å². The second-order valence-electron chi connectivity index (χ2n) is 5.49. The molecule has 2 heteroatoms. The molecule has 96 valence electrons. The Balaban J connectivity index is 1.84. The van der Waals surface area contributed by atoms with E-state index in [1.807, 2.05) is 6.07 Å². The molecule has 0 aromatic heterocycles.